The number of hydrogen-bond donors (Lipinski definition) is 0. The Bertz CT molecular complexity index is 675. The summed E-state index contributed by atoms with van der Waals surface area (Å²) >= 11 is 7.72. The number of benzene rings is 1. The maximum atomic E-state index is 13.8. The molecule has 114 valence electrons. The highest BCUT2D eigenvalue weighted by Crippen LogP contribution is 2.26. The van der Waals surface area contributed by atoms with Crippen molar-refractivity contribution in [3.8, 4) is 0 Å². The number of nitrogens with zero attached hydrogens (tertiary/aromatic N) is 2. The number of hydrogen-bond acceptors (Lipinski definition) is 3. The lowest BCUT2D eigenvalue weighted by atomic mass is 10.2. The molecule has 0 radical (unpaired) electrons. The molecule has 21 heavy (non-hydrogen) atoms. The van der Waals surface area contributed by atoms with Gasteiger partial charge in [0.15, 0.2) is 0 Å². The van der Waals surface area contributed by atoms with E-state index < -0.39 is 6.04 Å². The van der Waals surface area contributed by atoms with Gasteiger partial charge in [0.25, 0.3) is 0 Å². The number of aryl methyl sites for hydroxylation is 1. The number of carbonyl (C=O) groups is 1. The van der Waals surface area contributed by atoms with E-state index in [0.29, 0.717) is 39.3 Å². The first-order valence-corrected chi connectivity index (χ1v) is 8.19. The lowest BCUT2D eigenvalue weighted by Gasteiger charge is -2.16. The van der Waals surface area contributed by atoms with Gasteiger partial charge in [-0.2, -0.15) is 0 Å². The summed E-state index contributed by atoms with van der Waals surface area (Å²) in [5.74, 6) is 0.324. The minimum atomic E-state index is -0.576. The fourth-order valence-corrected chi connectivity index (χ4v) is 2.82. The average molecular weight is 425 g/mol. The first-order chi connectivity index (χ1) is 9.99. The summed E-state index contributed by atoms with van der Waals surface area (Å²) in [4.78, 5) is 16.5. The molecule has 0 aliphatic rings. The van der Waals surface area contributed by atoms with Crippen LogP contribution in [0.3, 0.4) is 0 Å². The number of rotatable bonds is 5. The third kappa shape index (κ3) is 3.31. The molecule has 1 heterocycles. The molecule has 1 aromatic carbocycles. The zero-order chi connectivity index (χ0) is 15.6. The lowest BCUT2D eigenvalue weighted by Crippen LogP contribution is -2.21. The smallest absolute Gasteiger partial charge is 0.328 e. The van der Waals surface area contributed by atoms with E-state index in [2.05, 4.69) is 4.98 Å². The largest absolute Gasteiger partial charge is 0.464 e. The van der Waals surface area contributed by atoms with Crippen LogP contribution < -0.4 is 0 Å². The van der Waals surface area contributed by atoms with Gasteiger partial charge in [0.05, 0.1) is 21.2 Å². The normalized spacial score (nSPS) is 12.6. The zero-order valence-electron chi connectivity index (χ0n) is 11.7. The Hall–Kier alpha value is -0.890. The SMILES string of the molecule is CCOC(=O)C(C)n1c(CCCl)nc2cc(I)c(F)cc21. The van der Waals surface area contributed by atoms with Crippen molar-refractivity contribution >= 4 is 51.2 Å². The Labute approximate surface area is 140 Å². The second-order valence-electron chi connectivity index (χ2n) is 4.52. The molecule has 4 nitrogen and oxygen atoms in total. The van der Waals surface area contributed by atoms with Crippen molar-refractivity contribution in [2.24, 2.45) is 0 Å². The van der Waals surface area contributed by atoms with Crippen molar-refractivity contribution in [3.05, 3.63) is 27.3 Å². The summed E-state index contributed by atoms with van der Waals surface area (Å²) < 4.78 is 21.1. The third-order valence-corrected chi connectivity index (χ3v) is 4.15. The highest BCUT2D eigenvalue weighted by Gasteiger charge is 2.23. The van der Waals surface area contributed by atoms with E-state index in [0.717, 1.165) is 0 Å². The summed E-state index contributed by atoms with van der Waals surface area (Å²) in [6, 6.07) is 2.49. The molecule has 1 atom stereocenters. The van der Waals surface area contributed by atoms with Crippen LogP contribution >= 0.6 is 34.2 Å². The van der Waals surface area contributed by atoms with Crippen LogP contribution in [-0.4, -0.2) is 28.0 Å². The highest BCUT2D eigenvalue weighted by molar-refractivity contribution is 14.1. The molecule has 1 aromatic heterocycles. The van der Waals surface area contributed by atoms with Gasteiger partial charge < -0.3 is 9.30 Å². The molecule has 0 saturated carbocycles. The fraction of sp³-hybridized carbons (Fsp3) is 0.429. The van der Waals surface area contributed by atoms with Crippen molar-refractivity contribution in [1.29, 1.82) is 0 Å². The predicted molar refractivity (Wildman–Crippen MR) is 88.2 cm³/mol. The molecule has 0 N–H and O–H groups in total. The molecule has 0 aliphatic carbocycles. The van der Waals surface area contributed by atoms with E-state index in [-0.39, 0.29) is 11.8 Å². The minimum Gasteiger partial charge on any atom is -0.464 e. The average Bonchev–Trinajstić information content (AvgIpc) is 2.76. The monoisotopic (exact) mass is 424 g/mol. The van der Waals surface area contributed by atoms with Gasteiger partial charge in [-0.05, 0) is 42.5 Å². The van der Waals surface area contributed by atoms with Crippen LogP contribution in [0.2, 0.25) is 0 Å². The van der Waals surface area contributed by atoms with Crippen molar-refractivity contribution in [1.82, 2.24) is 9.55 Å². The molecule has 0 fully saturated rings. The summed E-state index contributed by atoms with van der Waals surface area (Å²) in [6.45, 7) is 3.76. The Balaban J connectivity index is 2.60. The molecule has 0 bridgehead atoms. The Morgan fingerprint density at radius 3 is 2.90 bits per heavy atom. The van der Waals surface area contributed by atoms with Gasteiger partial charge in [-0.25, -0.2) is 14.2 Å². The molecular formula is C14H15ClFIN2O2. The van der Waals surface area contributed by atoms with E-state index in [1.807, 2.05) is 22.6 Å². The van der Waals surface area contributed by atoms with Crippen LogP contribution in [0.25, 0.3) is 11.0 Å². The molecular weight excluding hydrogens is 410 g/mol. The first-order valence-electron chi connectivity index (χ1n) is 6.58. The number of halogens is 3. The van der Waals surface area contributed by atoms with E-state index in [1.165, 1.54) is 6.07 Å². The second kappa shape index (κ2) is 6.91. The van der Waals surface area contributed by atoms with Gasteiger partial charge in [-0.3, -0.25) is 0 Å². The van der Waals surface area contributed by atoms with Crippen LogP contribution in [0.4, 0.5) is 4.39 Å². The van der Waals surface area contributed by atoms with Gasteiger partial charge in [0.2, 0.25) is 0 Å². The number of ether oxygens (including phenoxy) is 1. The van der Waals surface area contributed by atoms with Crippen LogP contribution in [0.1, 0.15) is 25.7 Å². The molecule has 1 unspecified atom stereocenters. The minimum absolute atomic E-state index is 0.299. The molecule has 2 rings (SSSR count). The van der Waals surface area contributed by atoms with Crippen LogP contribution in [-0.2, 0) is 16.0 Å². The van der Waals surface area contributed by atoms with E-state index >= 15 is 0 Å². The summed E-state index contributed by atoms with van der Waals surface area (Å²) in [6.07, 6.45) is 0.498. The van der Waals surface area contributed by atoms with Crippen LogP contribution in [0.15, 0.2) is 12.1 Å². The number of aromatic nitrogens is 2. The summed E-state index contributed by atoms with van der Waals surface area (Å²) in [7, 11) is 0. The molecule has 0 spiro atoms. The first kappa shape index (κ1) is 16.5. The van der Waals surface area contributed by atoms with Gasteiger partial charge in [0, 0.05) is 18.4 Å². The maximum absolute atomic E-state index is 13.8. The standard InChI is InChI=1S/C14H15ClFIN2O2/c1-3-21-14(20)8(2)19-12-6-9(16)10(17)7-11(12)18-13(19)4-5-15/h6-8H,3-5H2,1-2H3. The van der Waals surface area contributed by atoms with Gasteiger partial charge in [-0.15, -0.1) is 11.6 Å². The van der Waals surface area contributed by atoms with E-state index in [9.17, 15) is 9.18 Å². The number of esters is 1. The molecule has 0 aliphatic heterocycles. The maximum Gasteiger partial charge on any atom is 0.328 e. The van der Waals surface area contributed by atoms with Crippen molar-refractivity contribution in [3.63, 3.8) is 0 Å². The van der Waals surface area contributed by atoms with Crippen molar-refractivity contribution in [2.75, 3.05) is 12.5 Å². The van der Waals surface area contributed by atoms with Crippen molar-refractivity contribution < 1.29 is 13.9 Å². The molecule has 2 aromatic rings. The third-order valence-electron chi connectivity index (χ3n) is 3.14. The summed E-state index contributed by atoms with van der Waals surface area (Å²) in [5.41, 5.74) is 1.23. The molecule has 0 saturated heterocycles. The Morgan fingerprint density at radius 2 is 2.29 bits per heavy atom. The fourth-order valence-electron chi connectivity index (χ4n) is 2.20. The van der Waals surface area contributed by atoms with Gasteiger partial charge in [0.1, 0.15) is 17.7 Å². The lowest BCUT2D eigenvalue weighted by molar-refractivity contribution is -0.146. The van der Waals surface area contributed by atoms with E-state index in [4.69, 9.17) is 16.3 Å². The number of imidazole rings is 1. The summed E-state index contributed by atoms with van der Waals surface area (Å²) in [5, 5.41) is 0. The Morgan fingerprint density at radius 1 is 1.57 bits per heavy atom. The van der Waals surface area contributed by atoms with Crippen LogP contribution in [0, 0.1) is 9.39 Å². The second-order valence-corrected chi connectivity index (χ2v) is 6.06. The zero-order valence-corrected chi connectivity index (χ0v) is 14.6. The number of fused-ring (bicyclic) bond motifs is 1. The molecule has 0 amide bonds. The van der Waals surface area contributed by atoms with E-state index in [1.54, 1.807) is 24.5 Å². The highest BCUT2D eigenvalue weighted by atomic mass is 127. The number of carbonyl (C=O) groups excluding carboxylic acids is 1. The molecule has 7 heteroatoms. The van der Waals surface area contributed by atoms with Gasteiger partial charge in [-0.1, -0.05) is 0 Å². The predicted octanol–water partition coefficient (Wildman–Crippen LogP) is 3.69. The topological polar surface area (TPSA) is 44.1 Å². The van der Waals surface area contributed by atoms with Crippen molar-refractivity contribution in [2.45, 2.75) is 26.3 Å². The number of alkyl halides is 1. The Kier molecular flexibility index (Phi) is 5.43. The quantitative estimate of drug-likeness (QED) is 0.418. The van der Waals surface area contributed by atoms with Crippen LogP contribution in [0.5, 0.6) is 0 Å². The van der Waals surface area contributed by atoms with Gasteiger partial charge >= 0.3 is 5.97 Å².